The summed E-state index contributed by atoms with van der Waals surface area (Å²) in [5.74, 6) is -4.81. The number of alkyl halides is 2. The maximum atomic E-state index is 13.8. The summed E-state index contributed by atoms with van der Waals surface area (Å²) in [5, 5.41) is 11.5. The number of pyridine rings is 1. The lowest BCUT2D eigenvalue weighted by Gasteiger charge is -2.37. The molecule has 1 atom stereocenters. The molecule has 1 N–H and O–H groups in total. The molecule has 14 heteroatoms. The van der Waals surface area contributed by atoms with Crippen molar-refractivity contribution in [2.24, 2.45) is 0 Å². The summed E-state index contributed by atoms with van der Waals surface area (Å²) >= 11 is 7.44. The second kappa shape index (κ2) is 14.1. The molecule has 2 aliphatic rings. The van der Waals surface area contributed by atoms with Crippen molar-refractivity contribution in [1.29, 1.82) is 5.26 Å². The molecule has 3 amide bonds. The van der Waals surface area contributed by atoms with E-state index in [9.17, 15) is 31.9 Å². The molecule has 1 aliphatic carbocycles. The number of nitrogens with zero attached hydrogens (tertiary/aromatic N) is 4. The standard InChI is InChI=1S/C20H17ClF4N2O2S.C10H9N3O/c1-30-18-15(3-2-4-16(18)21)17(19(29)26-13-8-20(24,25)9-13)27(10-28)14-6-11(22)5-12(23)7-14;11-7-8-3-4-12-9(6-8)13-5-1-2-10(13)14/h2-7,10,13,17H,8-9H2,1H3,(H,26,29);3-4,6H,1-2,5H2. The number of amides is 3. The second-order valence-corrected chi connectivity index (χ2v) is 11.3. The maximum Gasteiger partial charge on any atom is 0.252 e. The van der Waals surface area contributed by atoms with Crippen LogP contribution in [0.3, 0.4) is 0 Å². The number of anilines is 2. The van der Waals surface area contributed by atoms with Crippen molar-refractivity contribution in [3.05, 3.63) is 82.5 Å². The summed E-state index contributed by atoms with van der Waals surface area (Å²) in [7, 11) is 0. The predicted molar refractivity (Wildman–Crippen MR) is 158 cm³/mol. The number of carbonyl (C=O) groups excluding carboxylic acids is 3. The van der Waals surface area contributed by atoms with Crippen LogP contribution < -0.4 is 15.1 Å². The Morgan fingerprint density at radius 3 is 2.50 bits per heavy atom. The van der Waals surface area contributed by atoms with Gasteiger partial charge in [-0.25, -0.2) is 22.5 Å². The number of halogens is 5. The highest BCUT2D eigenvalue weighted by molar-refractivity contribution is 7.98. The number of thioether (sulfide) groups is 1. The molecule has 1 saturated carbocycles. The molecule has 0 bridgehead atoms. The van der Waals surface area contributed by atoms with Gasteiger partial charge in [-0.05, 0) is 48.6 Å². The number of rotatable bonds is 8. The van der Waals surface area contributed by atoms with Gasteiger partial charge in [0.25, 0.3) is 5.92 Å². The first kappa shape index (κ1) is 32.8. The smallest absolute Gasteiger partial charge is 0.252 e. The molecule has 1 unspecified atom stereocenters. The molecule has 2 aromatic carbocycles. The minimum absolute atomic E-state index is 0.0904. The van der Waals surface area contributed by atoms with E-state index in [1.165, 1.54) is 11.8 Å². The highest BCUT2D eigenvalue weighted by Crippen LogP contribution is 2.40. The Balaban J connectivity index is 0.000000262. The molecule has 230 valence electrons. The van der Waals surface area contributed by atoms with Gasteiger partial charge < -0.3 is 5.32 Å². The van der Waals surface area contributed by atoms with Crippen LogP contribution in [0.1, 0.15) is 42.9 Å². The summed E-state index contributed by atoms with van der Waals surface area (Å²) in [6.07, 6.45) is 3.94. The molecule has 1 aliphatic heterocycles. The Kier molecular flexibility index (Phi) is 10.5. The lowest BCUT2D eigenvalue weighted by atomic mass is 9.87. The van der Waals surface area contributed by atoms with Gasteiger partial charge >= 0.3 is 0 Å². The van der Waals surface area contributed by atoms with Gasteiger partial charge in [-0.3, -0.25) is 24.2 Å². The molecule has 8 nitrogen and oxygen atoms in total. The van der Waals surface area contributed by atoms with Crippen LogP contribution in [0.15, 0.2) is 59.6 Å². The van der Waals surface area contributed by atoms with E-state index in [1.807, 2.05) is 6.07 Å². The Labute approximate surface area is 260 Å². The minimum atomic E-state index is -2.86. The average molecular weight is 648 g/mol. The lowest BCUT2D eigenvalue weighted by Crippen LogP contribution is -2.53. The van der Waals surface area contributed by atoms with E-state index in [2.05, 4.69) is 10.3 Å². The normalized spacial score (nSPS) is 16.2. The third kappa shape index (κ3) is 7.67. The number of hydrogen-bond donors (Lipinski definition) is 1. The number of aromatic nitrogens is 1. The van der Waals surface area contributed by atoms with E-state index in [0.717, 1.165) is 23.5 Å². The van der Waals surface area contributed by atoms with Crippen LogP contribution in [0.25, 0.3) is 0 Å². The maximum absolute atomic E-state index is 13.8. The monoisotopic (exact) mass is 647 g/mol. The van der Waals surface area contributed by atoms with Gasteiger partial charge in [-0.2, -0.15) is 5.26 Å². The van der Waals surface area contributed by atoms with Gasteiger partial charge in [-0.1, -0.05) is 23.7 Å². The highest BCUT2D eigenvalue weighted by atomic mass is 35.5. The number of nitriles is 1. The van der Waals surface area contributed by atoms with Crippen LogP contribution in [-0.2, 0) is 14.4 Å². The van der Waals surface area contributed by atoms with Crippen molar-refractivity contribution >= 4 is 53.1 Å². The first-order valence-electron chi connectivity index (χ1n) is 13.3. The van der Waals surface area contributed by atoms with Gasteiger partial charge in [0, 0.05) is 49.0 Å². The summed E-state index contributed by atoms with van der Waals surface area (Å²) in [4.78, 5) is 43.4. The van der Waals surface area contributed by atoms with E-state index in [-0.39, 0.29) is 18.0 Å². The SMILES string of the molecule is CSc1c(Cl)cccc1C(C(=O)NC1CC(F)(F)C1)N(C=O)c1cc(F)cc(F)c1.N#Cc1ccnc(N2CCCC2=O)c1. The lowest BCUT2D eigenvalue weighted by molar-refractivity contribution is -0.131. The predicted octanol–water partition coefficient (Wildman–Crippen LogP) is 6.04. The van der Waals surface area contributed by atoms with Crippen molar-refractivity contribution in [3.8, 4) is 6.07 Å². The first-order valence-corrected chi connectivity index (χ1v) is 14.9. The Morgan fingerprint density at radius 1 is 1.23 bits per heavy atom. The van der Waals surface area contributed by atoms with Crippen molar-refractivity contribution in [2.45, 2.75) is 48.6 Å². The fraction of sp³-hybridized carbons (Fsp3) is 0.300. The fourth-order valence-corrected chi connectivity index (χ4v) is 5.99. The van der Waals surface area contributed by atoms with Crippen molar-refractivity contribution < 1.29 is 31.9 Å². The van der Waals surface area contributed by atoms with E-state index >= 15 is 0 Å². The summed E-state index contributed by atoms with van der Waals surface area (Å²) in [6, 6.07) is 10.3. The highest BCUT2D eigenvalue weighted by Gasteiger charge is 2.47. The molecular formula is C30H26ClF4N5O3S. The molecule has 0 spiro atoms. The quantitative estimate of drug-likeness (QED) is 0.182. The van der Waals surface area contributed by atoms with Gasteiger partial charge in [0.15, 0.2) is 0 Å². The molecule has 1 aromatic heterocycles. The van der Waals surface area contributed by atoms with Gasteiger partial charge in [-0.15, -0.1) is 11.8 Å². The molecule has 5 rings (SSSR count). The van der Waals surface area contributed by atoms with Crippen molar-refractivity contribution in [2.75, 3.05) is 22.6 Å². The van der Waals surface area contributed by atoms with Gasteiger partial charge in [0.05, 0.1) is 22.3 Å². The zero-order valence-electron chi connectivity index (χ0n) is 23.3. The number of carbonyl (C=O) groups is 3. The molecule has 44 heavy (non-hydrogen) atoms. The van der Waals surface area contributed by atoms with E-state index < -0.39 is 48.4 Å². The van der Waals surface area contributed by atoms with Crippen molar-refractivity contribution in [3.63, 3.8) is 0 Å². The van der Waals surface area contributed by atoms with E-state index in [1.54, 1.807) is 47.7 Å². The molecule has 1 saturated heterocycles. The topological polar surface area (TPSA) is 106 Å². The fourth-order valence-electron chi connectivity index (χ4n) is 4.90. The average Bonchev–Trinajstić information content (AvgIpc) is 3.40. The summed E-state index contributed by atoms with van der Waals surface area (Å²) < 4.78 is 53.9. The first-order chi connectivity index (χ1) is 21.0. The molecule has 3 aromatic rings. The van der Waals surface area contributed by atoms with Crippen molar-refractivity contribution in [1.82, 2.24) is 10.3 Å². The van der Waals surface area contributed by atoms with Crippen LogP contribution in [0.5, 0.6) is 0 Å². The Hall–Kier alpha value is -4.15. The van der Waals surface area contributed by atoms with Gasteiger partial charge in [0.2, 0.25) is 18.2 Å². The molecule has 2 heterocycles. The molecule has 2 fully saturated rings. The zero-order valence-corrected chi connectivity index (χ0v) is 24.8. The summed E-state index contributed by atoms with van der Waals surface area (Å²) in [6.45, 7) is 0.709. The number of hydrogen-bond acceptors (Lipinski definition) is 6. The number of nitrogens with one attached hydrogen (secondary N) is 1. The zero-order chi connectivity index (χ0) is 32.0. The number of benzene rings is 2. The largest absolute Gasteiger partial charge is 0.351 e. The molecule has 0 radical (unpaired) electrons. The van der Waals surface area contributed by atoms with Crippen LogP contribution in [-0.4, -0.2) is 48.0 Å². The second-order valence-electron chi connectivity index (χ2n) is 10.0. The Morgan fingerprint density at radius 2 is 1.93 bits per heavy atom. The minimum Gasteiger partial charge on any atom is -0.351 e. The summed E-state index contributed by atoms with van der Waals surface area (Å²) in [5.41, 5.74) is 0.638. The third-order valence-electron chi connectivity index (χ3n) is 6.94. The van der Waals surface area contributed by atoms with Crippen LogP contribution in [0.4, 0.5) is 29.1 Å². The van der Waals surface area contributed by atoms with E-state index in [4.69, 9.17) is 16.9 Å². The molecular weight excluding hydrogens is 622 g/mol. The van der Waals surface area contributed by atoms with Gasteiger partial charge in [0.1, 0.15) is 23.5 Å². The Bertz CT molecular complexity index is 1580. The third-order valence-corrected chi connectivity index (χ3v) is 8.23. The van der Waals surface area contributed by atoms with Crippen LogP contribution in [0.2, 0.25) is 5.02 Å². The van der Waals surface area contributed by atoms with Crippen LogP contribution in [0, 0.1) is 23.0 Å². The van der Waals surface area contributed by atoms with E-state index in [0.29, 0.717) is 45.9 Å². The van der Waals surface area contributed by atoms with Crippen LogP contribution >= 0.6 is 23.4 Å².